The van der Waals surface area contributed by atoms with E-state index in [1.54, 1.807) is 0 Å². The Morgan fingerprint density at radius 2 is 2.25 bits per heavy atom. The highest BCUT2D eigenvalue weighted by Gasteiger charge is 2.27. The topological polar surface area (TPSA) is 41.1 Å². The summed E-state index contributed by atoms with van der Waals surface area (Å²) < 4.78 is 35.4. The van der Waals surface area contributed by atoms with Crippen molar-refractivity contribution in [2.45, 2.75) is 25.4 Å². The largest absolute Gasteiger partial charge is 0.389 e. The Morgan fingerprint density at radius 3 is 2.81 bits per heavy atom. The van der Waals surface area contributed by atoms with Crippen molar-refractivity contribution >= 4 is 5.91 Å². The van der Waals surface area contributed by atoms with Crippen molar-refractivity contribution in [2.75, 3.05) is 19.6 Å². The van der Waals surface area contributed by atoms with Gasteiger partial charge in [-0.05, 0) is 13.0 Å². The lowest BCUT2D eigenvalue weighted by atomic mass is 10.1. The van der Waals surface area contributed by atoms with Crippen LogP contribution >= 0.6 is 0 Å². The molecule has 1 aliphatic rings. The predicted octanol–water partition coefficient (Wildman–Crippen LogP) is 1.36. The molecule has 0 saturated carbocycles. The summed E-state index contributed by atoms with van der Waals surface area (Å²) in [5.74, 6) is -0.545. The third-order valence-corrected chi connectivity index (χ3v) is 2.31. The number of hydrogen-bond acceptors (Lipinski definition) is 2. The minimum absolute atomic E-state index is 0.359. The van der Waals surface area contributed by atoms with E-state index in [9.17, 15) is 18.0 Å². The van der Waals surface area contributed by atoms with Crippen molar-refractivity contribution in [3.8, 4) is 0 Å². The van der Waals surface area contributed by atoms with Crippen LogP contribution in [-0.4, -0.2) is 31.7 Å². The van der Waals surface area contributed by atoms with Gasteiger partial charge in [-0.15, -0.1) is 0 Å². The molecule has 0 spiro atoms. The molecule has 0 atom stereocenters. The highest BCUT2D eigenvalue weighted by atomic mass is 19.4. The normalized spacial score (nSPS) is 16.8. The van der Waals surface area contributed by atoms with Crippen LogP contribution in [0.5, 0.6) is 0 Å². The van der Waals surface area contributed by atoms with E-state index in [4.69, 9.17) is 0 Å². The quantitative estimate of drug-likeness (QED) is 0.724. The van der Waals surface area contributed by atoms with Gasteiger partial charge in [0.05, 0.1) is 6.42 Å². The van der Waals surface area contributed by atoms with Crippen molar-refractivity contribution < 1.29 is 18.0 Å². The van der Waals surface area contributed by atoms with Gasteiger partial charge in [0.25, 0.3) is 0 Å². The maximum atomic E-state index is 11.8. The lowest BCUT2D eigenvalue weighted by molar-refractivity contribution is -0.144. The van der Waals surface area contributed by atoms with Gasteiger partial charge in [0.1, 0.15) is 0 Å². The predicted molar refractivity (Wildman–Crippen MR) is 53.9 cm³/mol. The van der Waals surface area contributed by atoms with Crippen LogP contribution in [0.3, 0.4) is 0 Å². The smallest absolute Gasteiger partial charge is 0.352 e. The van der Waals surface area contributed by atoms with Gasteiger partial charge in [0, 0.05) is 19.5 Å². The third kappa shape index (κ3) is 5.75. The number of carbonyl (C=O) groups excluding carboxylic acids is 1. The minimum atomic E-state index is -4.26. The number of nitrogens with one attached hydrogen (secondary N) is 2. The van der Waals surface area contributed by atoms with Crippen molar-refractivity contribution in [1.82, 2.24) is 10.6 Å². The van der Waals surface area contributed by atoms with Crippen LogP contribution in [-0.2, 0) is 4.79 Å². The Bertz CT molecular complexity index is 274. The summed E-state index contributed by atoms with van der Waals surface area (Å²) in [6.45, 7) is 1.97. The zero-order chi connectivity index (χ0) is 12.0. The monoisotopic (exact) mass is 236 g/mol. The molecule has 1 aliphatic heterocycles. The molecule has 0 saturated heterocycles. The molecule has 92 valence electrons. The van der Waals surface area contributed by atoms with Crippen LogP contribution in [0.4, 0.5) is 13.2 Å². The summed E-state index contributed by atoms with van der Waals surface area (Å²) in [7, 11) is 0. The number of rotatable bonds is 4. The second-order valence-corrected chi connectivity index (χ2v) is 3.71. The van der Waals surface area contributed by atoms with Crippen LogP contribution in [0.1, 0.15) is 19.3 Å². The standard InChI is InChI=1S/C10H15F3N2O/c11-10(12,13)4-1-9(16)15-7-8-2-5-14-6-3-8/h2,14H,1,3-7H2,(H,15,16). The SMILES string of the molecule is O=C(CCC(F)(F)F)NCC1=CCNCC1. The molecular formula is C10H15F3N2O. The average molecular weight is 236 g/mol. The van der Waals surface area contributed by atoms with Crippen molar-refractivity contribution in [3.05, 3.63) is 11.6 Å². The van der Waals surface area contributed by atoms with E-state index >= 15 is 0 Å². The Morgan fingerprint density at radius 1 is 1.50 bits per heavy atom. The maximum absolute atomic E-state index is 11.8. The first kappa shape index (κ1) is 13.0. The van der Waals surface area contributed by atoms with Gasteiger partial charge >= 0.3 is 6.18 Å². The summed E-state index contributed by atoms with van der Waals surface area (Å²) in [5, 5.41) is 5.60. The van der Waals surface area contributed by atoms with E-state index in [1.165, 1.54) is 0 Å². The molecule has 0 aliphatic carbocycles. The molecule has 0 aromatic carbocycles. The number of alkyl halides is 3. The fourth-order valence-corrected chi connectivity index (χ4v) is 1.39. The summed E-state index contributed by atoms with van der Waals surface area (Å²) in [6, 6.07) is 0. The van der Waals surface area contributed by atoms with E-state index in [2.05, 4.69) is 10.6 Å². The lowest BCUT2D eigenvalue weighted by Gasteiger charge is -2.14. The molecule has 3 nitrogen and oxygen atoms in total. The van der Waals surface area contributed by atoms with Crippen LogP contribution in [0, 0.1) is 0 Å². The zero-order valence-corrected chi connectivity index (χ0v) is 8.86. The van der Waals surface area contributed by atoms with E-state index in [1.807, 2.05) is 6.08 Å². The van der Waals surface area contributed by atoms with Gasteiger partial charge in [0.2, 0.25) is 5.91 Å². The van der Waals surface area contributed by atoms with E-state index in [-0.39, 0.29) is 0 Å². The Labute approximate surface area is 92.1 Å². The third-order valence-electron chi connectivity index (χ3n) is 2.31. The molecule has 0 unspecified atom stereocenters. The Kier molecular flexibility index (Phi) is 4.79. The fourth-order valence-electron chi connectivity index (χ4n) is 1.39. The molecule has 1 amide bonds. The highest BCUT2D eigenvalue weighted by molar-refractivity contribution is 5.76. The minimum Gasteiger partial charge on any atom is -0.352 e. The summed E-state index contributed by atoms with van der Waals surface area (Å²) in [4.78, 5) is 11.1. The molecule has 0 radical (unpaired) electrons. The van der Waals surface area contributed by atoms with Gasteiger partial charge < -0.3 is 10.6 Å². The number of amides is 1. The fraction of sp³-hybridized carbons (Fsp3) is 0.700. The first-order valence-corrected chi connectivity index (χ1v) is 5.19. The van der Waals surface area contributed by atoms with E-state index in [0.717, 1.165) is 25.1 Å². The van der Waals surface area contributed by atoms with Crippen LogP contribution in [0.25, 0.3) is 0 Å². The second kappa shape index (κ2) is 5.89. The van der Waals surface area contributed by atoms with Crippen LogP contribution < -0.4 is 10.6 Å². The summed E-state index contributed by atoms with van der Waals surface area (Å²) in [6.07, 6.45) is -3.02. The summed E-state index contributed by atoms with van der Waals surface area (Å²) >= 11 is 0. The number of halogens is 3. The number of hydrogen-bond donors (Lipinski definition) is 2. The molecule has 0 aromatic rings. The van der Waals surface area contributed by atoms with Crippen LogP contribution in [0.2, 0.25) is 0 Å². The van der Waals surface area contributed by atoms with Crippen molar-refractivity contribution in [3.63, 3.8) is 0 Å². The first-order chi connectivity index (χ1) is 7.47. The van der Waals surface area contributed by atoms with Gasteiger partial charge in [-0.3, -0.25) is 4.79 Å². The Balaban J connectivity index is 2.17. The molecule has 0 bridgehead atoms. The van der Waals surface area contributed by atoms with Gasteiger partial charge in [-0.1, -0.05) is 11.6 Å². The molecule has 0 aromatic heterocycles. The van der Waals surface area contributed by atoms with Crippen molar-refractivity contribution in [2.24, 2.45) is 0 Å². The molecule has 2 N–H and O–H groups in total. The Hall–Kier alpha value is -1.04. The average Bonchev–Trinajstić information content (AvgIpc) is 2.24. The molecule has 6 heteroatoms. The zero-order valence-electron chi connectivity index (χ0n) is 8.86. The van der Waals surface area contributed by atoms with Crippen molar-refractivity contribution in [1.29, 1.82) is 0 Å². The molecule has 1 rings (SSSR count). The van der Waals surface area contributed by atoms with Gasteiger partial charge in [-0.25, -0.2) is 0 Å². The highest BCUT2D eigenvalue weighted by Crippen LogP contribution is 2.20. The molecule has 0 fully saturated rings. The molecule has 1 heterocycles. The second-order valence-electron chi connectivity index (χ2n) is 3.71. The van der Waals surface area contributed by atoms with E-state index < -0.39 is 24.9 Å². The molecular weight excluding hydrogens is 221 g/mol. The first-order valence-electron chi connectivity index (χ1n) is 5.19. The lowest BCUT2D eigenvalue weighted by Crippen LogP contribution is -2.30. The van der Waals surface area contributed by atoms with Gasteiger partial charge in [-0.2, -0.15) is 13.2 Å². The molecule has 16 heavy (non-hydrogen) atoms. The van der Waals surface area contributed by atoms with E-state index in [0.29, 0.717) is 6.54 Å². The maximum Gasteiger partial charge on any atom is 0.389 e. The van der Waals surface area contributed by atoms with Gasteiger partial charge in [0.15, 0.2) is 0 Å². The van der Waals surface area contributed by atoms with Crippen LogP contribution in [0.15, 0.2) is 11.6 Å². The number of carbonyl (C=O) groups is 1. The summed E-state index contributed by atoms with van der Waals surface area (Å²) in [5.41, 5.74) is 1.07.